The number of aryl methyl sites for hydroxylation is 1. The third kappa shape index (κ3) is 15.4. The fourth-order valence-electron chi connectivity index (χ4n) is 8.47. The van der Waals surface area contributed by atoms with Gasteiger partial charge < -0.3 is 40.2 Å². The second kappa shape index (κ2) is 23.7. The first-order valence-corrected chi connectivity index (χ1v) is 24.6. The maximum absolute atomic E-state index is 13.6. The minimum atomic E-state index is -5.12. The zero-order valence-corrected chi connectivity index (χ0v) is 38.6. The number of fused-ring (bicyclic) bond motifs is 3. The summed E-state index contributed by atoms with van der Waals surface area (Å²) < 4.78 is 62.6. The molecule has 1 aliphatic carbocycles. The van der Waals surface area contributed by atoms with Crippen LogP contribution in [0, 0.1) is 11.8 Å². The molecule has 0 saturated carbocycles. The molecule has 1 amide bonds. The number of anilines is 1. The van der Waals surface area contributed by atoms with E-state index in [0.29, 0.717) is 30.4 Å². The Morgan fingerprint density at radius 1 is 1.03 bits per heavy atom. The number of alkyl carbamates (subject to hydrolysis) is 1. The summed E-state index contributed by atoms with van der Waals surface area (Å²) in [6.07, 6.45) is 7.12. The molecule has 346 valence electrons. The molecule has 3 aliphatic rings. The van der Waals surface area contributed by atoms with E-state index in [1.54, 1.807) is 30.3 Å². The van der Waals surface area contributed by atoms with Gasteiger partial charge in [0.1, 0.15) is 29.3 Å². The molecule has 63 heavy (non-hydrogen) atoms. The molecule has 2 heterocycles. The van der Waals surface area contributed by atoms with Crippen LogP contribution in [0.2, 0.25) is 0 Å². The Balaban J connectivity index is 0.000000308. The Hall–Kier alpha value is -2.69. The quantitative estimate of drug-likeness (QED) is 0.0296. The Morgan fingerprint density at radius 3 is 2.35 bits per heavy atom. The number of phosphoric acid groups is 1. The fourth-order valence-corrected chi connectivity index (χ4v) is 10.6. The molecule has 2 aliphatic heterocycles. The molecule has 3 aromatic carbocycles. The molecule has 0 aromatic heterocycles. The third-order valence-corrected chi connectivity index (χ3v) is 13.9. The number of carbonyl (C=O) groups excluding carboxylic acids is 1. The number of nitrogens with one attached hydrogen (secondary N) is 1. The van der Waals surface area contributed by atoms with Crippen molar-refractivity contribution in [3.8, 4) is 11.5 Å². The number of hydrogen-bond donors (Lipinski definition) is 5. The van der Waals surface area contributed by atoms with Crippen molar-refractivity contribution in [2.24, 2.45) is 11.8 Å². The summed E-state index contributed by atoms with van der Waals surface area (Å²) in [4.78, 5) is 32.3. The van der Waals surface area contributed by atoms with Gasteiger partial charge in [0.05, 0.1) is 24.2 Å². The number of phenolic OH excluding ortho intramolecular Hbond substituents is 1. The van der Waals surface area contributed by atoms with Crippen molar-refractivity contribution in [3.63, 3.8) is 0 Å². The molecule has 0 bridgehead atoms. The van der Waals surface area contributed by atoms with Gasteiger partial charge in [0, 0.05) is 42.6 Å². The number of nitrogens with zero attached hydrogens (tertiary/aromatic N) is 1. The van der Waals surface area contributed by atoms with Gasteiger partial charge in [-0.15, -0.1) is 0 Å². The molecular formula is C46H68CaN3O11PS. The third-order valence-electron chi connectivity index (χ3n) is 11.6. The number of sulfonamides is 1. The number of nitrogens with two attached hydrogens (primary N) is 1. The van der Waals surface area contributed by atoms with E-state index in [1.807, 2.05) is 19.9 Å². The number of rotatable bonds is 17. The molecule has 0 radical (unpaired) electrons. The van der Waals surface area contributed by atoms with E-state index in [0.717, 1.165) is 40.4 Å². The van der Waals surface area contributed by atoms with Crippen LogP contribution in [0.15, 0.2) is 83.3 Å². The first-order valence-electron chi connectivity index (χ1n) is 21.7. The van der Waals surface area contributed by atoms with E-state index in [1.165, 1.54) is 54.7 Å². The molecule has 1 fully saturated rings. The van der Waals surface area contributed by atoms with Crippen LogP contribution in [-0.4, -0.2) is 122 Å². The van der Waals surface area contributed by atoms with Crippen LogP contribution >= 0.6 is 7.82 Å². The van der Waals surface area contributed by atoms with Gasteiger partial charge in [-0.2, -0.15) is 4.31 Å². The van der Waals surface area contributed by atoms with Crippen molar-refractivity contribution < 1.29 is 51.4 Å². The van der Waals surface area contributed by atoms with Crippen molar-refractivity contribution in [2.75, 3.05) is 32.0 Å². The first kappa shape index (κ1) is 52.9. The molecule has 17 heteroatoms. The summed E-state index contributed by atoms with van der Waals surface area (Å²) in [5.41, 5.74) is 10.3. The molecule has 0 spiro atoms. The molecule has 0 unspecified atom stereocenters. The van der Waals surface area contributed by atoms with E-state index >= 15 is 0 Å². The molecule has 6 rings (SSSR count). The second-order valence-electron chi connectivity index (χ2n) is 17.6. The van der Waals surface area contributed by atoms with Crippen molar-refractivity contribution in [1.82, 2.24) is 9.62 Å². The summed E-state index contributed by atoms with van der Waals surface area (Å²) in [5, 5.41) is 13.3. The number of nitrogen functional groups attached to an aromatic ring is 1. The Kier molecular flexibility index (Phi) is 19.9. The van der Waals surface area contributed by atoms with E-state index in [2.05, 4.69) is 45.2 Å². The number of amides is 1. The van der Waals surface area contributed by atoms with E-state index < -0.39 is 48.7 Å². The summed E-state index contributed by atoms with van der Waals surface area (Å²) >= 11 is 0. The number of allylic oxidation sites excluding steroid dienone is 2. The van der Waals surface area contributed by atoms with Gasteiger partial charge in [0.25, 0.3) is 0 Å². The van der Waals surface area contributed by atoms with Crippen LogP contribution in [0.1, 0.15) is 103 Å². The summed E-state index contributed by atoms with van der Waals surface area (Å²) in [5.74, 6) is 1.90. The average Bonchev–Trinajstić information content (AvgIpc) is 3.70. The number of unbranched alkanes of at least 4 members (excludes halogenated alkanes) is 2. The van der Waals surface area contributed by atoms with Gasteiger partial charge in [0.2, 0.25) is 10.0 Å². The molecular weight excluding hydrogens is 874 g/mol. The van der Waals surface area contributed by atoms with Gasteiger partial charge in [0.15, 0.2) is 0 Å². The van der Waals surface area contributed by atoms with Crippen LogP contribution in [0.3, 0.4) is 0 Å². The number of phenols is 1. The van der Waals surface area contributed by atoms with E-state index in [9.17, 15) is 32.7 Å². The molecule has 6 N–H and O–H groups in total. The van der Waals surface area contributed by atoms with Crippen LogP contribution in [0.4, 0.5) is 10.5 Å². The van der Waals surface area contributed by atoms with Crippen LogP contribution in [0.25, 0.3) is 0 Å². The topological polar surface area (TPSA) is 207 Å². The molecule has 1 saturated heterocycles. The monoisotopic (exact) mass is 941 g/mol. The van der Waals surface area contributed by atoms with Crippen LogP contribution in [0.5, 0.6) is 11.5 Å². The first-order chi connectivity index (χ1) is 29.3. The predicted octanol–water partition coefficient (Wildman–Crippen LogP) is 7.34. The van der Waals surface area contributed by atoms with Gasteiger partial charge in [-0.25, -0.2) is 17.8 Å². The van der Waals surface area contributed by atoms with E-state index in [4.69, 9.17) is 24.5 Å². The summed E-state index contributed by atoms with van der Waals surface area (Å²) in [6.45, 7) is 12.7. The predicted molar refractivity (Wildman–Crippen MR) is 248 cm³/mol. The number of ether oxygens (including phenoxy) is 3. The Labute approximate surface area is 403 Å². The van der Waals surface area contributed by atoms with Crippen LogP contribution < -0.4 is 15.8 Å². The van der Waals surface area contributed by atoms with Gasteiger partial charge in [-0.1, -0.05) is 75.6 Å². The molecule has 14 nitrogen and oxygen atoms in total. The Bertz CT molecular complexity index is 2130. The normalized spacial score (nSPS) is 20.2. The number of aromatic hydroxyl groups is 1. The van der Waals surface area contributed by atoms with Crippen molar-refractivity contribution in [3.05, 3.63) is 95.1 Å². The zero-order valence-electron chi connectivity index (χ0n) is 36.9. The van der Waals surface area contributed by atoms with Gasteiger partial charge in [-0.3, -0.25) is 4.52 Å². The number of phosphoric ester groups is 1. The van der Waals surface area contributed by atoms with Crippen molar-refractivity contribution >= 4 is 67.4 Å². The van der Waals surface area contributed by atoms with E-state index in [-0.39, 0.29) is 79.6 Å². The number of hydrogen-bond acceptors (Lipinski definition) is 10. The fraction of sp³-hybridized carbons (Fsp3) is 0.543. The molecule has 3 aromatic rings. The average molecular weight is 942 g/mol. The van der Waals surface area contributed by atoms with Crippen molar-refractivity contribution in [1.29, 1.82) is 0 Å². The summed E-state index contributed by atoms with van der Waals surface area (Å²) in [7, 11) is -9.26. The zero-order chi connectivity index (χ0) is 45.2. The maximum atomic E-state index is 13.6. The summed E-state index contributed by atoms with van der Waals surface area (Å²) in [6, 6.07) is 17.6. The standard InChI is InChI=1S/C25H36N3O9PS.C21H30O2.Ca.2H/c1-18(2)15-28(39(33,34)22-10-8-20(26)9-11-22)16-24(37-38(30,31)32)23(14-19-6-4-3-5-7-19)27-25(29)36-21-12-13-35-17-21;1-5-6-7-8-15-12-18(22)20-16-11-14(2)9-10-17(16)21(3,4)23-19(20)13-15;;;/h3-11,18,21,23-24H,12-17,26H2,1-2H3,(H,27,29)(H2,30,31,32);11-13,16-17,22H,5-10H2,1-4H3;;;/t21-,23-,24+;16-,17-;;;/m01.../s1. The van der Waals surface area contributed by atoms with Crippen molar-refractivity contribution in [2.45, 2.75) is 128 Å². The van der Waals surface area contributed by atoms with Crippen LogP contribution in [-0.2, 0) is 41.4 Å². The van der Waals surface area contributed by atoms with Gasteiger partial charge in [-0.05, 0) is 106 Å². The SMILES string of the molecule is CC(C)CN(C[C@@H](OP(=O)(O)O)[C@H](Cc1ccccc1)NC(=O)O[C@H]1CCOC1)S(=O)(=O)c1ccc(N)cc1.CCCCCc1cc(O)c2c(c1)OC(C)(C)[C@@H]1CCC(C)=C[C@@H]21.[CaH2]. The minimum absolute atomic E-state index is 0. The Morgan fingerprint density at radius 2 is 1.73 bits per heavy atom. The number of benzene rings is 3. The van der Waals surface area contributed by atoms with Gasteiger partial charge >= 0.3 is 51.7 Å². The second-order valence-corrected chi connectivity index (χ2v) is 20.8. The number of carbonyl (C=O) groups is 1. The molecule has 5 atom stereocenters.